The Morgan fingerprint density at radius 2 is 2.16 bits per heavy atom. The number of nitrogen functional groups attached to an aromatic ring is 1. The van der Waals surface area contributed by atoms with Gasteiger partial charge in [0.15, 0.2) is 0 Å². The first-order valence-corrected chi connectivity index (χ1v) is 7.16. The molecule has 0 aromatic carbocycles. The summed E-state index contributed by atoms with van der Waals surface area (Å²) < 4.78 is 4.96. The molecule has 0 bridgehead atoms. The average Bonchev–Trinajstić information content (AvgIpc) is 2.73. The van der Waals surface area contributed by atoms with E-state index in [9.17, 15) is 10.1 Å². The van der Waals surface area contributed by atoms with Gasteiger partial charge in [0.25, 0.3) is 0 Å². The van der Waals surface area contributed by atoms with E-state index in [1.807, 2.05) is 6.92 Å². The Bertz CT molecular complexity index is 491. The molecule has 0 radical (unpaired) electrons. The summed E-state index contributed by atoms with van der Waals surface area (Å²) in [7, 11) is 0. The Labute approximate surface area is 117 Å². The summed E-state index contributed by atoms with van der Waals surface area (Å²) in [5.41, 5.74) is 6.50. The summed E-state index contributed by atoms with van der Waals surface area (Å²) in [4.78, 5) is 14.2. The maximum absolute atomic E-state index is 11.8. The van der Waals surface area contributed by atoms with Crippen LogP contribution in [-0.2, 0) is 4.74 Å². The van der Waals surface area contributed by atoms with Crippen LogP contribution in [0.2, 0.25) is 0 Å². The van der Waals surface area contributed by atoms with E-state index in [2.05, 4.69) is 17.9 Å². The highest BCUT2D eigenvalue weighted by molar-refractivity contribution is 7.18. The Morgan fingerprint density at radius 3 is 2.63 bits per heavy atom. The van der Waals surface area contributed by atoms with Crippen LogP contribution in [0.15, 0.2) is 0 Å². The predicted molar refractivity (Wildman–Crippen MR) is 77.6 cm³/mol. The van der Waals surface area contributed by atoms with Crippen molar-refractivity contribution in [3.8, 4) is 6.07 Å². The average molecular weight is 281 g/mol. The predicted octanol–water partition coefficient (Wildman–Crippen LogP) is 2.61. The van der Waals surface area contributed by atoms with Gasteiger partial charge in [0, 0.05) is 13.1 Å². The van der Waals surface area contributed by atoms with Crippen LogP contribution in [0.3, 0.4) is 0 Å². The number of nitrogens with zero attached hydrogens (tertiary/aromatic N) is 2. The number of nitrogens with two attached hydrogens (primary N) is 1. The van der Waals surface area contributed by atoms with Crippen LogP contribution in [-0.4, -0.2) is 25.7 Å². The number of carbonyl (C=O) groups excluding carboxylic acids is 1. The number of ether oxygens (including phenoxy) is 1. The molecule has 1 aromatic rings. The number of anilines is 2. The first-order chi connectivity index (χ1) is 9.10. The molecule has 0 unspecified atom stereocenters. The topological polar surface area (TPSA) is 79.3 Å². The summed E-state index contributed by atoms with van der Waals surface area (Å²) in [5.74, 6) is -0.458. The molecule has 5 nitrogen and oxygen atoms in total. The van der Waals surface area contributed by atoms with Gasteiger partial charge in [-0.25, -0.2) is 4.79 Å². The van der Waals surface area contributed by atoms with Gasteiger partial charge in [0.05, 0.1) is 12.3 Å². The molecule has 0 aliphatic heterocycles. The second-order valence-corrected chi connectivity index (χ2v) is 4.94. The normalized spacial score (nSPS) is 10.0. The summed E-state index contributed by atoms with van der Waals surface area (Å²) in [6.45, 7) is 7.70. The lowest BCUT2D eigenvalue weighted by atomic mass is 10.2. The standard InChI is InChI=1S/C13H19N3O2S/c1-4-7-16(5-2)12-9(8-14)10(15)11(19-12)13(17)18-6-3/h4-7,15H2,1-3H3. The van der Waals surface area contributed by atoms with Crippen molar-refractivity contribution in [2.24, 2.45) is 0 Å². The minimum Gasteiger partial charge on any atom is -0.462 e. The fourth-order valence-electron chi connectivity index (χ4n) is 1.78. The summed E-state index contributed by atoms with van der Waals surface area (Å²) in [5, 5.41) is 9.99. The zero-order valence-electron chi connectivity index (χ0n) is 11.5. The zero-order valence-corrected chi connectivity index (χ0v) is 12.3. The molecule has 0 saturated carbocycles. The van der Waals surface area contributed by atoms with Crippen molar-refractivity contribution >= 4 is 28.0 Å². The van der Waals surface area contributed by atoms with Crippen molar-refractivity contribution < 1.29 is 9.53 Å². The SMILES string of the molecule is CCCN(CC)c1sc(C(=O)OCC)c(N)c1C#N. The molecule has 104 valence electrons. The maximum Gasteiger partial charge on any atom is 0.350 e. The van der Waals surface area contributed by atoms with Gasteiger partial charge < -0.3 is 15.4 Å². The minimum absolute atomic E-state index is 0.232. The van der Waals surface area contributed by atoms with E-state index in [0.717, 1.165) is 24.5 Å². The number of hydrogen-bond donors (Lipinski definition) is 1. The molecule has 0 spiro atoms. The van der Waals surface area contributed by atoms with E-state index in [1.54, 1.807) is 6.92 Å². The number of thiophene rings is 1. The quantitative estimate of drug-likeness (QED) is 0.811. The molecule has 0 fully saturated rings. The van der Waals surface area contributed by atoms with Crippen molar-refractivity contribution in [3.63, 3.8) is 0 Å². The molecule has 1 rings (SSSR count). The van der Waals surface area contributed by atoms with Crippen LogP contribution in [0.25, 0.3) is 0 Å². The van der Waals surface area contributed by atoms with Gasteiger partial charge >= 0.3 is 5.97 Å². The summed E-state index contributed by atoms with van der Waals surface area (Å²) >= 11 is 1.24. The van der Waals surface area contributed by atoms with E-state index in [1.165, 1.54) is 11.3 Å². The first-order valence-electron chi connectivity index (χ1n) is 6.34. The highest BCUT2D eigenvalue weighted by Crippen LogP contribution is 2.38. The van der Waals surface area contributed by atoms with E-state index >= 15 is 0 Å². The molecule has 1 aromatic heterocycles. The Kier molecular flexibility index (Phi) is 5.64. The van der Waals surface area contributed by atoms with Gasteiger partial charge in [-0.05, 0) is 20.3 Å². The molecule has 6 heteroatoms. The molecule has 0 aliphatic carbocycles. The number of hydrogen-bond acceptors (Lipinski definition) is 6. The van der Waals surface area contributed by atoms with Crippen molar-refractivity contribution in [1.29, 1.82) is 5.26 Å². The monoisotopic (exact) mass is 281 g/mol. The van der Waals surface area contributed by atoms with Gasteiger partial charge in [-0.15, -0.1) is 11.3 Å². The van der Waals surface area contributed by atoms with E-state index in [4.69, 9.17) is 10.5 Å². The van der Waals surface area contributed by atoms with Crippen molar-refractivity contribution in [3.05, 3.63) is 10.4 Å². The highest BCUT2D eigenvalue weighted by atomic mass is 32.1. The third kappa shape index (κ3) is 3.18. The van der Waals surface area contributed by atoms with E-state index < -0.39 is 5.97 Å². The second kappa shape index (κ2) is 7.00. The molecular formula is C13H19N3O2S. The Hall–Kier alpha value is -1.74. The molecule has 0 saturated heterocycles. The molecule has 0 aliphatic rings. The highest BCUT2D eigenvalue weighted by Gasteiger charge is 2.24. The van der Waals surface area contributed by atoms with E-state index in [-0.39, 0.29) is 5.69 Å². The van der Waals surface area contributed by atoms with Gasteiger partial charge in [-0.3, -0.25) is 0 Å². The van der Waals surface area contributed by atoms with Crippen molar-refractivity contribution in [2.45, 2.75) is 27.2 Å². The first kappa shape index (κ1) is 15.3. The maximum atomic E-state index is 11.8. The van der Waals surface area contributed by atoms with Crippen LogP contribution in [0, 0.1) is 11.3 Å². The Balaban J connectivity index is 3.22. The van der Waals surface area contributed by atoms with E-state index in [0.29, 0.717) is 17.0 Å². The third-order valence-electron chi connectivity index (χ3n) is 2.66. The fourth-order valence-corrected chi connectivity index (χ4v) is 2.94. The van der Waals surface area contributed by atoms with Crippen LogP contribution < -0.4 is 10.6 Å². The lowest BCUT2D eigenvalue weighted by molar-refractivity contribution is 0.0533. The van der Waals surface area contributed by atoms with Crippen LogP contribution >= 0.6 is 11.3 Å². The number of nitriles is 1. The number of rotatable bonds is 6. The smallest absolute Gasteiger partial charge is 0.350 e. The zero-order chi connectivity index (χ0) is 14.4. The van der Waals surface area contributed by atoms with Gasteiger partial charge in [0.1, 0.15) is 21.5 Å². The second-order valence-electron chi connectivity index (χ2n) is 3.94. The fraction of sp³-hybridized carbons (Fsp3) is 0.538. The molecule has 19 heavy (non-hydrogen) atoms. The van der Waals surface area contributed by atoms with Gasteiger partial charge in [-0.2, -0.15) is 5.26 Å². The largest absolute Gasteiger partial charge is 0.462 e. The lowest BCUT2D eigenvalue weighted by Crippen LogP contribution is -2.23. The van der Waals surface area contributed by atoms with Crippen molar-refractivity contribution in [2.75, 3.05) is 30.3 Å². The van der Waals surface area contributed by atoms with Gasteiger partial charge in [0.2, 0.25) is 0 Å². The minimum atomic E-state index is -0.458. The lowest BCUT2D eigenvalue weighted by Gasteiger charge is -2.20. The van der Waals surface area contributed by atoms with Crippen LogP contribution in [0.5, 0.6) is 0 Å². The van der Waals surface area contributed by atoms with Gasteiger partial charge in [-0.1, -0.05) is 6.92 Å². The van der Waals surface area contributed by atoms with Crippen LogP contribution in [0.4, 0.5) is 10.7 Å². The third-order valence-corrected chi connectivity index (χ3v) is 3.91. The molecule has 2 N–H and O–H groups in total. The number of carbonyl (C=O) groups is 1. The molecule has 1 heterocycles. The Morgan fingerprint density at radius 1 is 1.47 bits per heavy atom. The molecular weight excluding hydrogens is 262 g/mol. The number of esters is 1. The summed E-state index contributed by atoms with van der Waals surface area (Å²) in [6, 6.07) is 2.09. The van der Waals surface area contributed by atoms with Crippen molar-refractivity contribution in [1.82, 2.24) is 0 Å². The summed E-state index contributed by atoms with van der Waals surface area (Å²) in [6.07, 6.45) is 0.964. The van der Waals surface area contributed by atoms with Crippen LogP contribution in [0.1, 0.15) is 42.4 Å². The molecule has 0 amide bonds. The molecule has 0 atom stereocenters.